The lowest BCUT2D eigenvalue weighted by Crippen LogP contribution is -2.50. The fourth-order valence-corrected chi connectivity index (χ4v) is 2.64. The van der Waals surface area contributed by atoms with Gasteiger partial charge in [0.2, 0.25) is 5.91 Å². The van der Waals surface area contributed by atoms with Gasteiger partial charge in [-0.25, -0.2) is 9.59 Å². The summed E-state index contributed by atoms with van der Waals surface area (Å²) in [6.45, 7) is 3.86. The smallest absolute Gasteiger partial charge is 0.326 e. The molecule has 1 aliphatic heterocycles. The monoisotopic (exact) mass is 359 g/mol. The van der Waals surface area contributed by atoms with E-state index in [-0.39, 0.29) is 18.2 Å². The predicted molar refractivity (Wildman–Crippen MR) is 96.1 cm³/mol. The van der Waals surface area contributed by atoms with Crippen LogP contribution in [0.4, 0.5) is 10.5 Å². The van der Waals surface area contributed by atoms with Crippen LogP contribution in [0.5, 0.6) is 0 Å². The number of carboxylic acids is 1. The first-order chi connectivity index (χ1) is 12.3. The molecule has 1 heterocycles. The Kier molecular flexibility index (Phi) is 5.94. The predicted octanol–water partition coefficient (Wildman–Crippen LogP) is 0.404. The summed E-state index contributed by atoms with van der Waals surface area (Å²) in [4.78, 5) is 37.0. The number of aliphatic carboxylic acids is 1. The van der Waals surface area contributed by atoms with Gasteiger partial charge in [0.1, 0.15) is 17.9 Å². The molecule has 26 heavy (non-hydrogen) atoms. The number of carbonyl (C=O) groups excluding carboxylic acids is 2. The van der Waals surface area contributed by atoms with Crippen LogP contribution in [0.25, 0.3) is 0 Å². The maximum Gasteiger partial charge on any atom is 0.326 e. The van der Waals surface area contributed by atoms with Crippen LogP contribution in [0.2, 0.25) is 0 Å². The minimum absolute atomic E-state index is 0.0620. The highest BCUT2D eigenvalue weighted by Gasteiger charge is 2.34. The molecule has 0 aromatic heterocycles. The average Bonchev–Trinajstić information content (AvgIpc) is 2.95. The second-order valence-electron chi connectivity index (χ2n) is 5.82. The summed E-state index contributed by atoms with van der Waals surface area (Å²) in [5.74, 6) is -1.52. The van der Waals surface area contributed by atoms with Crippen LogP contribution in [0.1, 0.15) is 18.4 Å². The maximum absolute atomic E-state index is 12.5. The van der Waals surface area contributed by atoms with E-state index in [2.05, 4.69) is 17.2 Å². The Balaban J connectivity index is 1.97. The van der Waals surface area contributed by atoms with Gasteiger partial charge in [0.25, 0.3) is 0 Å². The van der Waals surface area contributed by atoms with E-state index >= 15 is 0 Å². The van der Waals surface area contributed by atoms with E-state index in [4.69, 9.17) is 16.2 Å². The van der Waals surface area contributed by atoms with Crippen molar-refractivity contribution in [2.45, 2.75) is 24.9 Å². The molecule has 1 aromatic carbocycles. The van der Waals surface area contributed by atoms with Gasteiger partial charge in [-0.05, 0) is 37.1 Å². The van der Waals surface area contributed by atoms with Crippen molar-refractivity contribution in [2.24, 2.45) is 5.73 Å². The minimum Gasteiger partial charge on any atom is -0.480 e. The number of rotatable bonds is 7. The number of hydrogen-bond acceptors (Lipinski definition) is 4. The third kappa shape index (κ3) is 4.38. The normalized spacial score (nSPS) is 17.5. The van der Waals surface area contributed by atoms with Crippen molar-refractivity contribution in [3.8, 4) is 0 Å². The SMILES string of the molecule is C=CCC(NC(=O)NC1CCN(c2ccc(C(=N)N)cc2)C1=O)C(=O)O. The Morgan fingerprint density at radius 3 is 2.62 bits per heavy atom. The zero-order chi connectivity index (χ0) is 19.3. The van der Waals surface area contributed by atoms with Gasteiger partial charge in [-0.3, -0.25) is 10.2 Å². The molecule has 0 aliphatic carbocycles. The van der Waals surface area contributed by atoms with Crippen molar-refractivity contribution in [2.75, 3.05) is 11.4 Å². The van der Waals surface area contributed by atoms with Gasteiger partial charge in [0, 0.05) is 17.8 Å². The van der Waals surface area contributed by atoms with Crippen LogP contribution in [0.3, 0.4) is 0 Å². The lowest BCUT2D eigenvalue weighted by molar-refractivity contribution is -0.139. The number of benzene rings is 1. The Morgan fingerprint density at radius 2 is 2.08 bits per heavy atom. The Bertz CT molecular complexity index is 731. The molecule has 1 fully saturated rings. The molecule has 0 radical (unpaired) electrons. The van der Waals surface area contributed by atoms with Gasteiger partial charge in [-0.1, -0.05) is 6.08 Å². The Labute approximate surface area is 150 Å². The molecule has 138 valence electrons. The summed E-state index contributed by atoms with van der Waals surface area (Å²) in [5.41, 5.74) is 6.60. The first-order valence-corrected chi connectivity index (χ1v) is 8.00. The van der Waals surface area contributed by atoms with E-state index < -0.39 is 24.1 Å². The second-order valence-corrected chi connectivity index (χ2v) is 5.82. The van der Waals surface area contributed by atoms with Gasteiger partial charge >= 0.3 is 12.0 Å². The van der Waals surface area contributed by atoms with Crippen molar-refractivity contribution >= 4 is 29.4 Å². The Hall–Kier alpha value is -3.36. The lowest BCUT2D eigenvalue weighted by atomic mass is 10.2. The van der Waals surface area contributed by atoms with Gasteiger partial charge in [0.05, 0.1) is 0 Å². The van der Waals surface area contributed by atoms with E-state index in [9.17, 15) is 14.4 Å². The van der Waals surface area contributed by atoms with Crippen LogP contribution < -0.4 is 21.3 Å². The Morgan fingerprint density at radius 1 is 1.42 bits per heavy atom. The maximum atomic E-state index is 12.5. The van der Waals surface area contributed by atoms with Crippen LogP contribution >= 0.6 is 0 Å². The summed E-state index contributed by atoms with van der Waals surface area (Å²) in [7, 11) is 0. The van der Waals surface area contributed by atoms with Gasteiger partial charge in [0.15, 0.2) is 0 Å². The number of nitrogens with one attached hydrogen (secondary N) is 3. The van der Waals surface area contributed by atoms with Gasteiger partial charge in [-0.15, -0.1) is 6.58 Å². The quantitative estimate of drug-likeness (QED) is 0.271. The molecule has 0 bridgehead atoms. The van der Waals surface area contributed by atoms with Crippen LogP contribution in [-0.4, -0.2) is 47.5 Å². The summed E-state index contributed by atoms with van der Waals surface area (Å²) < 4.78 is 0. The number of nitrogen functional groups attached to an aromatic ring is 1. The van der Waals surface area contributed by atoms with E-state index in [1.165, 1.54) is 11.0 Å². The zero-order valence-electron chi connectivity index (χ0n) is 14.1. The number of carbonyl (C=O) groups is 3. The molecule has 9 heteroatoms. The van der Waals surface area contributed by atoms with Crippen LogP contribution in [0.15, 0.2) is 36.9 Å². The molecule has 1 aromatic rings. The number of amides is 3. The topological polar surface area (TPSA) is 149 Å². The number of hydrogen-bond donors (Lipinski definition) is 5. The first-order valence-electron chi connectivity index (χ1n) is 8.00. The molecule has 0 spiro atoms. The largest absolute Gasteiger partial charge is 0.480 e. The standard InChI is InChI=1S/C17H21N5O4/c1-2-3-13(16(24)25)21-17(26)20-12-8-9-22(15(12)23)11-6-4-10(5-7-11)14(18)19/h2,4-7,12-13H,1,3,8-9H2,(H3,18,19)(H,24,25)(H2,20,21,26). The van der Waals surface area contributed by atoms with E-state index in [1.807, 2.05) is 0 Å². The third-order valence-electron chi connectivity index (χ3n) is 4.01. The van der Waals surface area contributed by atoms with Gasteiger partial charge < -0.3 is 26.4 Å². The molecule has 1 aliphatic rings. The highest BCUT2D eigenvalue weighted by molar-refractivity contribution is 6.02. The number of anilines is 1. The molecular weight excluding hydrogens is 338 g/mol. The first kappa shape index (κ1) is 19.0. The minimum atomic E-state index is -1.18. The molecule has 9 nitrogen and oxygen atoms in total. The molecular formula is C17H21N5O4. The van der Waals surface area contributed by atoms with Crippen LogP contribution in [-0.2, 0) is 9.59 Å². The number of urea groups is 1. The van der Waals surface area contributed by atoms with Crippen LogP contribution in [0, 0.1) is 5.41 Å². The van der Waals surface area contributed by atoms with Crippen molar-refractivity contribution in [3.05, 3.63) is 42.5 Å². The molecule has 3 amide bonds. The summed E-state index contributed by atoms with van der Waals surface area (Å²) in [6, 6.07) is 4.10. The summed E-state index contributed by atoms with van der Waals surface area (Å²) in [5, 5.41) is 21.2. The highest BCUT2D eigenvalue weighted by Crippen LogP contribution is 2.22. The lowest BCUT2D eigenvalue weighted by Gasteiger charge is -2.19. The van der Waals surface area contributed by atoms with E-state index in [0.29, 0.717) is 24.2 Å². The molecule has 2 unspecified atom stereocenters. The summed E-state index contributed by atoms with van der Waals surface area (Å²) in [6.07, 6.45) is 1.88. The molecule has 0 saturated carbocycles. The van der Waals surface area contributed by atoms with Crippen molar-refractivity contribution in [1.82, 2.24) is 10.6 Å². The molecule has 2 atom stereocenters. The fourth-order valence-electron chi connectivity index (χ4n) is 2.64. The zero-order valence-corrected chi connectivity index (χ0v) is 14.1. The molecule has 6 N–H and O–H groups in total. The van der Waals surface area contributed by atoms with Crippen molar-refractivity contribution in [1.29, 1.82) is 5.41 Å². The fraction of sp³-hybridized carbons (Fsp3) is 0.294. The van der Waals surface area contributed by atoms with Crippen molar-refractivity contribution < 1.29 is 19.5 Å². The highest BCUT2D eigenvalue weighted by atomic mass is 16.4. The number of carboxylic acid groups (broad SMARTS) is 1. The molecule has 1 saturated heterocycles. The van der Waals surface area contributed by atoms with E-state index in [0.717, 1.165) is 0 Å². The number of nitrogens with zero attached hydrogens (tertiary/aromatic N) is 1. The third-order valence-corrected chi connectivity index (χ3v) is 4.01. The van der Waals surface area contributed by atoms with Gasteiger partial charge in [-0.2, -0.15) is 0 Å². The van der Waals surface area contributed by atoms with Crippen molar-refractivity contribution in [3.63, 3.8) is 0 Å². The number of amidine groups is 1. The molecule has 2 rings (SSSR count). The average molecular weight is 359 g/mol. The number of nitrogens with two attached hydrogens (primary N) is 1. The summed E-state index contributed by atoms with van der Waals surface area (Å²) >= 11 is 0. The van der Waals surface area contributed by atoms with E-state index in [1.54, 1.807) is 24.3 Å². The second kappa shape index (κ2) is 8.15.